The molecule has 8 nitrogen and oxygen atoms in total. The number of sulfonamides is 1. The van der Waals surface area contributed by atoms with E-state index in [0.717, 1.165) is 21.2 Å². The number of hydrazine groups is 1. The lowest BCUT2D eigenvalue weighted by atomic mass is 10.1. The second-order valence-corrected chi connectivity index (χ2v) is 10.3. The van der Waals surface area contributed by atoms with Gasteiger partial charge in [-0.25, -0.2) is 18.9 Å². The Morgan fingerprint density at radius 3 is 2.19 bits per heavy atom. The van der Waals surface area contributed by atoms with Gasteiger partial charge in [0.05, 0.1) is 6.26 Å². The summed E-state index contributed by atoms with van der Waals surface area (Å²) in [6.45, 7) is 7.60. The Balaban J connectivity index is 3.36. The van der Waals surface area contributed by atoms with Gasteiger partial charge >= 0.3 is 0 Å². The first kappa shape index (κ1) is 26.8. The molecule has 9 heteroatoms. The number of nitrogens with one attached hydrogen (secondary N) is 1. The molecular formula is C22H35N3O5S. The lowest BCUT2D eigenvalue weighted by Crippen LogP contribution is -2.59. The Morgan fingerprint density at radius 2 is 1.71 bits per heavy atom. The molecule has 0 unspecified atom stereocenters. The van der Waals surface area contributed by atoms with Crippen molar-refractivity contribution in [1.29, 1.82) is 0 Å². The highest BCUT2D eigenvalue weighted by atomic mass is 32.2. The van der Waals surface area contributed by atoms with Crippen LogP contribution in [-0.2, 0) is 19.6 Å². The normalized spacial score (nSPS) is 13.2. The Morgan fingerprint density at radius 1 is 1.10 bits per heavy atom. The van der Waals surface area contributed by atoms with E-state index >= 15 is 0 Å². The van der Waals surface area contributed by atoms with Crippen molar-refractivity contribution in [2.75, 3.05) is 12.8 Å². The third kappa shape index (κ3) is 9.20. The summed E-state index contributed by atoms with van der Waals surface area (Å²) in [7, 11) is -3.85. The van der Waals surface area contributed by atoms with Gasteiger partial charge in [-0.2, -0.15) is 0 Å². The van der Waals surface area contributed by atoms with E-state index in [1.165, 1.54) is 0 Å². The van der Waals surface area contributed by atoms with Gasteiger partial charge in [0, 0.05) is 13.0 Å². The predicted octanol–water partition coefficient (Wildman–Crippen LogP) is 3.06. The van der Waals surface area contributed by atoms with Gasteiger partial charge in [-0.1, -0.05) is 70.2 Å². The third-order valence-electron chi connectivity index (χ3n) is 4.51. The lowest BCUT2D eigenvalue weighted by molar-refractivity contribution is -0.156. The average molecular weight is 454 g/mol. The Bertz CT molecular complexity index is 838. The number of hydroxylamine groups is 1. The molecule has 1 rings (SSSR count). The van der Waals surface area contributed by atoms with E-state index in [-0.39, 0.29) is 31.2 Å². The summed E-state index contributed by atoms with van der Waals surface area (Å²) >= 11 is 0. The van der Waals surface area contributed by atoms with Crippen LogP contribution in [0, 0.1) is 11.8 Å². The minimum atomic E-state index is -3.85. The minimum absolute atomic E-state index is 0.0266. The number of hydrogen-bond acceptors (Lipinski definition) is 5. The standard InChI is InChI=1S/C22H35N3O5S/c1-17(2)14-15-21(26)25(24(16-18(3)4)31(5,29)30)20(22(27)23-28)13-9-12-19-10-7-6-8-11-19/h6-12,17-18,20,28H,13-16H2,1-5H3,(H,23,27)/t20-/m0/s1. The first-order valence-corrected chi connectivity index (χ1v) is 12.3. The molecule has 0 radical (unpaired) electrons. The lowest BCUT2D eigenvalue weighted by Gasteiger charge is -2.38. The molecule has 0 aliphatic carbocycles. The van der Waals surface area contributed by atoms with Crippen LogP contribution in [0.2, 0.25) is 0 Å². The molecule has 174 valence electrons. The number of carbonyl (C=O) groups excluding carboxylic acids is 2. The largest absolute Gasteiger partial charge is 0.289 e. The quantitative estimate of drug-likeness (QED) is 0.374. The summed E-state index contributed by atoms with van der Waals surface area (Å²) in [4.78, 5) is 25.7. The number of amides is 2. The zero-order chi connectivity index (χ0) is 23.6. The molecule has 2 N–H and O–H groups in total. The second kappa shape index (κ2) is 12.6. The highest BCUT2D eigenvalue weighted by molar-refractivity contribution is 7.88. The van der Waals surface area contributed by atoms with E-state index in [1.54, 1.807) is 17.6 Å². The molecule has 0 bridgehead atoms. The van der Waals surface area contributed by atoms with Crippen LogP contribution in [0.4, 0.5) is 0 Å². The van der Waals surface area contributed by atoms with Crippen molar-refractivity contribution in [2.45, 2.75) is 53.0 Å². The molecule has 1 atom stereocenters. The molecule has 0 aliphatic rings. The number of carbonyl (C=O) groups is 2. The van der Waals surface area contributed by atoms with E-state index in [0.29, 0.717) is 6.42 Å². The molecular weight excluding hydrogens is 418 g/mol. The second-order valence-electron chi connectivity index (χ2n) is 8.37. The topological polar surface area (TPSA) is 107 Å². The van der Waals surface area contributed by atoms with Crippen molar-refractivity contribution >= 4 is 27.9 Å². The summed E-state index contributed by atoms with van der Waals surface area (Å²) in [6, 6.07) is 8.15. The van der Waals surface area contributed by atoms with Crippen molar-refractivity contribution in [1.82, 2.24) is 14.9 Å². The average Bonchev–Trinajstić information content (AvgIpc) is 2.69. The van der Waals surface area contributed by atoms with Gasteiger partial charge in [0.25, 0.3) is 5.91 Å². The highest BCUT2D eigenvalue weighted by Crippen LogP contribution is 2.20. The number of benzene rings is 1. The van der Waals surface area contributed by atoms with Crippen molar-refractivity contribution in [3.05, 3.63) is 42.0 Å². The van der Waals surface area contributed by atoms with Gasteiger partial charge in [-0.05, 0) is 30.2 Å². The zero-order valence-electron chi connectivity index (χ0n) is 19.0. The molecule has 0 saturated carbocycles. The molecule has 0 aliphatic heterocycles. The Hall–Kier alpha value is -2.23. The first-order chi connectivity index (χ1) is 14.5. The smallest absolute Gasteiger partial charge is 0.268 e. The van der Waals surface area contributed by atoms with Crippen LogP contribution in [0.1, 0.15) is 52.5 Å². The fourth-order valence-electron chi connectivity index (χ4n) is 2.97. The molecule has 31 heavy (non-hydrogen) atoms. The van der Waals surface area contributed by atoms with Crippen molar-refractivity contribution in [3.8, 4) is 0 Å². The van der Waals surface area contributed by atoms with Gasteiger partial charge in [0.1, 0.15) is 6.04 Å². The van der Waals surface area contributed by atoms with Gasteiger partial charge in [0.15, 0.2) is 0 Å². The van der Waals surface area contributed by atoms with Crippen molar-refractivity contribution in [3.63, 3.8) is 0 Å². The third-order valence-corrected chi connectivity index (χ3v) is 5.60. The SMILES string of the molecule is CC(C)CCC(=O)N([C@@H](CC=Cc1ccccc1)C(=O)NO)N(CC(C)C)S(C)(=O)=O. The van der Waals surface area contributed by atoms with Crippen LogP contribution < -0.4 is 5.48 Å². The molecule has 0 heterocycles. The molecule has 0 fully saturated rings. The van der Waals surface area contributed by atoms with E-state index in [4.69, 9.17) is 0 Å². The summed E-state index contributed by atoms with van der Waals surface area (Å²) in [5, 5.41) is 10.3. The molecule has 0 saturated heterocycles. The monoisotopic (exact) mass is 453 g/mol. The number of hydrogen-bond donors (Lipinski definition) is 2. The van der Waals surface area contributed by atoms with Gasteiger partial charge < -0.3 is 0 Å². The molecule has 1 aromatic carbocycles. The molecule has 2 amide bonds. The van der Waals surface area contributed by atoms with E-state index in [1.807, 2.05) is 58.0 Å². The maximum atomic E-state index is 13.1. The highest BCUT2D eigenvalue weighted by Gasteiger charge is 2.37. The van der Waals surface area contributed by atoms with Crippen LogP contribution in [-0.4, -0.2) is 53.7 Å². The summed E-state index contributed by atoms with van der Waals surface area (Å²) < 4.78 is 26.1. The minimum Gasteiger partial charge on any atom is -0.289 e. The van der Waals surface area contributed by atoms with Gasteiger partial charge in [-0.3, -0.25) is 14.8 Å². The Labute approximate surface area is 185 Å². The van der Waals surface area contributed by atoms with Crippen molar-refractivity contribution in [2.24, 2.45) is 11.8 Å². The van der Waals surface area contributed by atoms with Crippen LogP contribution >= 0.6 is 0 Å². The fraction of sp³-hybridized carbons (Fsp3) is 0.545. The Kier molecular flexibility index (Phi) is 10.9. The fourth-order valence-corrected chi connectivity index (χ4v) is 4.06. The maximum Gasteiger partial charge on any atom is 0.268 e. The van der Waals surface area contributed by atoms with Gasteiger partial charge in [0.2, 0.25) is 15.9 Å². The molecule has 0 spiro atoms. The maximum absolute atomic E-state index is 13.1. The van der Waals surface area contributed by atoms with E-state index in [9.17, 15) is 23.2 Å². The van der Waals surface area contributed by atoms with E-state index < -0.39 is 27.9 Å². The van der Waals surface area contributed by atoms with Gasteiger partial charge in [-0.15, -0.1) is 4.41 Å². The molecule has 0 aromatic heterocycles. The van der Waals surface area contributed by atoms with Crippen LogP contribution in [0.25, 0.3) is 6.08 Å². The number of rotatable bonds is 12. The summed E-state index contributed by atoms with van der Waals surface area (Å²) in [6.07, 6.45) is 5.13. The van der Waals surface area contributed by atoms with Crippen LogP contribution in [0.5, 0.6) is 0 Å². The zero-order valence-corrected chi connectivity index (χ0v) is 19.8. The van der Waals surface area contributed by atoms with Crippen molar-refractivity contribution < 1.29 is 23.2 Å². The van der Waals surface area contributed by atoms with Crippen LogP contribution in [0.15, 0.2) is 36.4 Å². The van der Waals surface area contributed by atoms with Crippen LogP contribution in [0.3, 0.4) is 0 Å². The first-order valence-electron chi connectivity index (χ1n) is 10.4. The number of nitrogens with zero attached hydrogens (tertiary/aromatic N) is 2. The summed E-state index contributed by atoms with van der Waals surface area (Å²) in [5.41, 5.74) is 2.48. The predicted molar refractivity (Wildman–Crippen MR) is 121 cm³/mol. The van der Waals surface area contributed by atoms with E-state index in [2.05, 4.69) is 0 Å². The summed E-state index contributed by atoms with van der Waals surface area (Å²) in [5.74, 6) is -1.20. The molecule has 1 aromatic rings.